The number of nitrogens with zero attached hydrogens (tertiary/aromatic N) is 1. The van der Waals surface area contributed by atoms with E-state index in [2.05, 4.69) is 4.98 Å². The van der Waals surface area contributed by atoms with Crippen molar-refractivity contribution in [1.82, 2.24) is 9.55 Å². The van der Waals surface area contributed by atoms with E-state index in [-0.39, 0.29) is 16.6 Å². The quantitative estimate of drug-likeness (QED) is 0.769. The van der Waals surface area contributed by atoms with Crippen LogP contribution in [0.2, 0.25) is 5.15 Å². The number of aromatic nitrogens is 2. The summed E-state index contributed by atoms with van der Waals surface area (Å²) >= 11 is 5.88. The number of rotatable bonds is 1. The molecule has 1 aromatic heterocycles. The Hall–Kier alpha value is -1.03. The van der Waals surface area contributed by atoms with E-state index < -0.39 is 11.2 Å². The fourth-order valence-corrected chi connectivity index (χ4v) is 2.01. The first-order valence-corrected chi connectivity index (χ1v) is 5.59. The van der Waals surface area contributed by atoms with Crippen LogP contribution in [0.4, 0.5) is 0 Å². The van der Waals surface area contributed by atoms with Gasteiger partial charge in [0, 0.05) is 5.54 Å². The lowest BCUT2D eigenvalue weighted by molar-refractivity contribution is 0.363. The van der Waals surface area contributed by atoms with Gasteiger partial charge in [-0.15, -0.1) is 0 Å². The number of nitrogens with one attached hydrogen (secondary N) is 1. The first kappa shape index (κ1) is 13.0. The maximum atomic E-state index is 12.2. The Morgan fingerprint density at radius 2 is 1.75 bits per heavy atom. The SMILES string of the molecule is CC(C)c1c(Cl)[nH]c(=O)n(C(C)(C)C)c1=O. The van der Waals surface area contributed by atoms with Crippen LogP contribution in [0.3, 0.4) is 0 Å². The van der Waals surface area contributed by atoms with E-state index in [1.54, 1.807) is 0 Å². The van der Waals surface area contributed by atoms with Gasteiger partial charge < -0.3 is 0 Å². The Bertz CT molecular complexity index is 506. The second kappa shape index (κ2) is 4.09. The van der Waals surface area contributed by atoms with Gasteiger partial charge in [-0.2, -0.15) is 0 Å². The van der Waals surface area contributed by atoms with E-state index in [0.29, 0.717) is 5.56 Å². The van der Waals surface area contributed by atoms with Gasteiger partial charge in [0.15, 0.2) is 0 Å². The van der Waals surface area contributed by atoms with Crippen LogP contribution >= 0.6 is 11.6 Å². The molecule has 0 atom stereocenters. The summed E-state index contributed by atoms with van der Waals surface area (Å²) in [5.41, 5.74) is -0.877. The Balaban J connectivity index is 3.73. The lowest BCUT2D eigenvalue weighted by Crippen LogP contribution is -2.46. The van der Waals surface area contributed by atoms with Gasteiger partial charge in [0.25, 0.3) is 5.56 Å². The van der Waals surface area contributed by atoms with E-state index in [4.69, 9.17) is 11.6 Å². The average Bonchev–Trinajstić information content (AvgIpc) is 1.97. The van der Waals surface area contributed by atoms with Crippen molar-refractivity contribution in [2.75, 3.05) is 0 Å². The lowest BCUT2D eigenvalue weighted by Gasteiger charge is -2.22. The van der Waals surface area contributed by atoms with Crippen LogP contribution in [-0.2, 0) is 5.54 Å². The van der Waals surface area contributed by atoms with Gasteiger partial charge in [0.1, 0.15) is 5.15 Å². The third-order valence-corrected chi connectivity index (χ3v) is 2.64. The third kappa shape index (κ3) is 2.21. The van der Waals surface area contributed by atoms with Gasteiger partial charge in [0.05, 0.1) is 5.56 Å². The van der Waals surface area contributed by atoms with E-state index >= 15 is 0 Å². The number of hydrogen-bond acceptors (Lipinski definition) is 2. The lowest BCUT2D eigenvalue weighted by atomic mass is 10.0. The third-order valence-electron chi connectivity index (χ3n) is 2.34. The minimum absolute atomic E-state index is 0.0227. The first-order chi connectivity index (χ1) is 7.16. The average molecular weight is 245 g/mol. The summed E-state index contributed by atoms with van der Waals surface area (Å²) in [5.74, 6) is -0.0227. The number of hydrogen-bond donors (Lipinski definition) is 1. The Morgan fingerprint density at radius 1 is 1.25 bits per heavy atom. The molecule has 0 amide bonds. The second-order valence-electron chi connectivity index (χ2n) is 5.12. The van der Waals surface area contributed by atoms with Crippen molar-refractivity contribution in [1.29, 1.82) is 0 Å². The summed E-state index contributed by atoms with van der Waals surface area (Å²) in [6.07, 6.45) is 0. The zero-order valence-electron chi connectivity index (χ0n) is 10.2. The Labute approximate surface area is 99.3 Å². The molecule has 1 aromatic rings. The number of H-pyrrole nitrogens is 1. The zero-order chi connectivity index (χ0) is 12.7. The molecule has 16 heavy (non-hydrogen) atoms. The molecule has 0 bridgehead atoms. The van der Waals surface area contributed by atoms with E-state index in [1.165, 1.54) is 4.57 Å². The standard InChI is InChI=1S/C11H17ClN2O2/c1-6(2)7-8(12)13-10(16)14(9(7)15)11(3,4)5/h6H,1-5H3,(H,13,16). The molecule has 0 aromatic carbocycles. The zero-order valence-corrected chi connectivity index (χ0v) is 11.0. The van der Waals surface area contributed by atoms with Crippen molar-refractivity contribution in [2.24, 2.45) is 0 Å². The molecular formula is C11H17ClN2O2. The second-order valence-corrected chi connectivity index (χ2v) is 5.50. The highest BCUT2D eigenvalue weighted by atomic mass is 35.5. The van der Waals surface area contributed by atoms with Crippen molar-refractivity contribution >= 4 is 11.6 Å². The monoisotopic (exact) mass is 244 g/mol. The molecule has 0 radical (unpaired) electrons. The molecule has 4 nitrogen and oxygen atoms in total. The molecule has 1 N–H and O–H groups in total. The van der Waals surface area contributed by atoms with Crippen LogP contribution < -0.4 is 11.2 Å². The molecule has 1 heterocycles. The van der Waals surface area contributed by atoms with E-state index in [0.717, 1.165) is 0 Å². The highest BCUT2D eigenvalue weighted by Crippen LogP contribution is 2.18. The molecule has 0 fully saturated rings. The van der Waals surface area contributed by atoms with Crippen LogP contribution in [-0.4, -0.2) is 9.55 Å². The predicted octanol–water partition coefficient (Wildman–Crippen LogP) is 2.07. The van der Waals surface area contributed by atoms with Gasteiger partial charge in [-0.3, -0.25) is 14.3 Å². The Morgan fingerprint density at radius 3 is 2.12 bits per heavy atom. The molecule has 5 heteroatoms. The van der Waals surface area contributed by atoms with Crippen molar-refractivity contribution < 1.29 is 0 Å². The maximum absolute atomic E-state index is 12.2. The van der Waals surface area contributed by atoms with Gasteiger partial charge in [0.2, 0.25) is 0 Å². The smallest absolute Gasteiger partial charge is 0.297 e. The number of halogens is 1. The minimum atomic E-state index is -0.557. The van der Waals surface area contributed by atoms with Crippen LogP contribution in [0.1, 0.15) is 46.1 Å². The molecule has 90 valence electrons. The minimum Gasteiger partial charge on any atom is -0.297 e. The highest BCUT2D eigenvalue weighted by Gasteiger charge is 2.22. The van der Waals surface area contributed by atoms with Gasteiger partial charge >= 0.3 is 5.69 Å². The van der Waals surface area contributed by atoms with Crippen LogP contribution in [0.25, 0.3) is 0 Å². The van der Waals surface area contributed by atoms with Crippen molar-refractivity contribution in [3.8, 4) is 0 Å². The topological polar surface area (TPSA) is 54.9 Å². The molecule has 0 spiro atoms. The van der Waals surface area contributed by atoms with Crippen LogP contribution in [0, 0.1) is 0 Å². The first-order valence-electron chi connectivity index (χ1n) is 5.21. The summed E-state index contributed by atoms with van der Waals surface area (Å²) in [4.78, 5) is 26.4. The summed E-state index contributed by atoms with van der Waals surface area (Å²) in [5, 5.41) is 0.144. The molecule has 0 unspecified atom stereocenters. The van der Waals surface area contributed by atoms with Crippen molar-refractivity contribution in [2.45, 2.75) is 46.1 Å². The van der Waals surface area contributed by atoms with E-state index in [1.807, 2.05) is 34.6 Å². The maximum Gasteiger partial charge on any atom is 0.329 e. The molecule has 0 aliphatic carbocycles. The fourth-order valence-electron chi connectivity index (χ4n) is 1.63. The normalized spacial score (nSPS) is 12.2. The van der Waals surface area contributed by atoms with Crippen LogP contribution in [0.15, 0.2) is 9.59 Å². The molecule has 1 rings (SSSR count). The predicted molar refractivity (Wildman–Crippen MR) is 65.4 cm³/mol. The molecule has 0 saturated heterocycles. The summed E-state index contributed by atoms with van der Waals surface area (Å²) in [6, 6.07) is 0. The van der Waals surface area contributed by atoms with Gasteiger partial charge in [-0.05, 0) is 26.7 Å². The Kier molecular flexibility index (Phi) is 3.33. The molecule has 0 aliphatic heterocycles. The summed E-state index contributed by atoms with van der Waals surface area (Å²) < 4.78 is 1.20. The van der Waals surface area contributed by atoms with Crippen LogP contribution in [0.5, 0.6) is 0 Å². The van der Waals surface area contributed by atoms with Gasteiger partial charge in [-0.1, -0.05) is 25.4 Å². The van der Waals surface area contributed by atoms with Gasteiger partial charge in [-0.25, -0.2) is 4.79 Å². The number of aromatic amines is 1. The molecule has 0 saturated carbocycles. The largest absolute Gasteiger partial charge is 0.329 e. The van der Waals surface area contributed by atoms with Crippen molar-refractivity contribution in [3.05, 3.63) is 31.6 Å². The highest BCUT2D eigenvalue weighted by molar-refractivity contribution is 6.30. The summed E-state index contributed by atoms with van der Waals surface area (Å²) in [7, 11) is 0. The van der Waals surface area contributed by atoms with Crippen molar-refractivity contribution in [3.63, 3.8) is 0 Å². The fraction of sp³-hybridized carbons (Fsp3) is 0.636. The summed E-state index contributed by atoms with van der Waals surface area (Å²) in [6.45, 7) is 9.16. The molecular weight excluding hydrogens is 228 g/mol. The van der Waals surface area contributed by atoms with E-state index in [9.17, 15) is 9.59 Å². The molecule has 0 aliphatic rings.